The number of aliphatic hydroxyl groups is 1. The third-order valence-corrected chi connectivity index (χ3v) is 8.48. The van der Waals surface area contributed by atoms with Crippen molar-refractivity contribution < 1.29 is 24.2 Å². The molecule has 4 aliphatic rings. The van der Waals surface area contributed by atoms with Crippen LogP contribution >= 0.6 is 11.8 Å². The van der Waals surface area contributed by atoms with Crippen LogP contribution in [-0.2, 0) is 19.1 Å². The highest BCUT2D eigenvalue weighted by Crippen LogP contribution is 2.65. The van der Waals surface area contributed by atoms with Gasteiger partial charge in [-0.3, -0.25) is 14.4 Å². The minimum atomic E-state index is -0.844. The lowest BCUT2D eigenvalue weighted by Crippen LogP contribution is -2.57. The average molecular weight is 435 g/mol. The van der Waals surface area contributed by atoms with Crippen LogP contribution in [0.15, 0.2) is 24.3 Å². The van der Waals surface area contributed by atoms with Crippen molar-refractivity contribution in [3.63, 3.8) is 0 Å². The second-order valence-electron chi connectivity index (χ2n) is 9.66. The molecular formula is C22H30N2O5S. The molecule has 4 rings (SSSR count). The zero-order valence-corrected chi connectivity index (χ0v) is 18.8. The third-order valence-electron chi connectivity index (χ3n) is 6.68. The Morgan fingerprint density at radius 1 is 1.17 bits per heavy atom. The third kappa shape index (κ3) is 2.94. The summed E-state index contributed by atoms with van der Waals surface area (Å²) in [5, 5.41) is 9.38. The predicted molar refractivity (Wildman–Crippen MR) is 114 cm³/mol. The van der Waals surface area contributed by atoms with Gasteiger partial charge in [-0.2, -0.15) is 0 Å². The SMILES string of the molecule is CC(C)(C)N1CC=C[C@]23S[C@@]4(C)C=CCOC(=O)[C@H]4[C@H]2C(=O)N(CCCO)C3C1=O. The highest BCUT2D eigenvalue weighted by atomic mass is 32.2. The van der Waals surface area contributed by atoms with Crippen LogP contribution in [-0.4, -0.2) is 80.1 Å². The van der Waals surface area contributed by atoms with Crippen LogP contribution in [0.1, 0.15) is 34.1 Å². The first-order valence-corrected chi connectivity index (χ1v) is 11.3. The van der Waals surface area contributed by atoms with Gasteiger partial charge in [0.15, 0.2) is 0 Å². The summed E-state index contributed by atoms with van der Waals surface area (Å²) >= 11 is 1.54. The van der Waals surface area contributed by atoms with Crippen LogP contribution in [0.3, 0.4) is 0 Å². The fourth-order valence-electron chi connectivity index (χ4n) is 5.44. The van der Waals surface area contributed by atoms with Gasteiger partial charge in [-0.25, -0.2) is 0 Å². The Morgan fingerprint density at radius 2 is 1.90 bits per heavy atom. The Bertz CT molecular complexity index is 834. The quantitative estimate of drug-likeness (QED) is 0.533. The van der Waals surface area contributed by atoms with E-state index in [4.69, 9.17) is 4.74 Å². The number of hydrogen-bond acceptors (Lipinski definition) is 6. The molecule has 2 amide bonds. The maximum absolute atomic E-state index is 13.9. The molecule has 8 heteroatoms. The van der Waals surface area contributed by atoms with E-state index in [9.17, 15) is 19.5 Å². The first-order valence-electron chi connectivity index (χ1n) is 10.5. The number of esters is 1. The number of likely N-dealkylation sites (tertiary alicyclic amines) is 1. The molecule has 7 nitrogen and oxygen atoms in total. The zero-order chi connectivity index (χ0) is 21.9. The Balaban J connectivity index is 1.87. The van der Waals surface area contributed by atoms with Gasteiger partial charge in [-0.1, -0.05) is 18.2 Å². The van der Waals surface area contributed by atoms with E-state index in [-0.39, 0.29) is 37.5 Å². The molecule has 5 atom stereocenters. The maximum atomic E-state index is 13.9. The lowest BCUT2D eigenvalue weighted by atomic mass is 9.75. The minimum Gasteiger partial charge on any atom is -0.461 e. The van der Waals surface area contributed by atoms with E-state index in [1.165, 1.54) is 11.8 Å². The molecule has 0 bridgehead atoms. The molecule has 164 valence electrons. The van der Waals surface area contributed by atoms with E-state index >= 15 is 0 Å². The summed E-state index contributed by atoms with van der Waals surface area (Å²) in [6.45, 7) is 8.78. The van der Waals surface area contributed by atoms with Crippen LogP contribution in [0.4, 0.5) is 0 Å². The van der Waals surface area contributed by atoms with Crippen LogP contribution in [0.2, 0.25) is 0 Å². The smallest absolute Gasteiger partial charge is 0.311 e. The molecular weight excluding hydrogens is 404 g/mol. The number of fused-ring (bicyclic) bond motifs is 2. The molecule has 4 aliphatic heterocycles. The van der Waals surface area contributed by atoms with E-state index < -0.39 is 32.9 Å². The summed E-state index contributed by atoms with van der Waals surface area (Å²) < 4.78 is 3.92. The number of ether oxygens (including phenoxy) is 1. The van der Waals surface area contributed by atoms with Crippen molar-refractivity contribution >= 4 is 29.5 Å². The van der Waals surface area contributed by atoms with E-state index in [0.717, 1.165) is 0 Å². The van der Waals surface area contributed by atoms with Gasteiger partial charge < -0.3 is 19.6 Å². The zero-order valence-electron chi connectivity index (χ0n) is 18.0. The normalized spacial score (nSPS) is 38.2. The number of rotatable bonds is 3. The molecule has 0 radical (unpaired) electrons. The summed E-state index contributed by atoms with van der Waals surface area (Å²) in [6, 6.07) is -0.713. The van der Waals surface area contributed by atoms with Crippen LogP contribution < -0.4 is 0 Å². The average Bonchev–Trinajstić information content (AvgIpc) is 2.90. The summed E-state index contributed by atoms with van der Waals surface area (Å²) in [5.41, 5.74) is -0.410. The highest BCUT2D eigenvalue weighted by Gasteiger charge is 2.74. The van der Waals surface area contributed by atoms with Crippen LogP contribution in [0.5, 0.6) is 0 Å². The molecule has 1 unspecified atom stereocenters. The monoisotopic (exact) mass is 434 g/mol. The van der Waals surface area contributed by atoms with Crippen molar-refractivity contribution in [1.82, 2.24) is 9.80 Å². The van der Waals surface area contributed by atoms with Gasteiger partial charge in [0.1, 0.15) is 12.6 Å². The summed E-state index contributed by atoms with van der Waals surface area (Å²) in [7, 11) is 0. The number of thioether (sulfide) groups is 1. The van der Waals surface area contributed by atoms with Crippen molar-refractivity contribution in [3.8, 4) is 0 Å². The van der Waals surface area contributed by atoms with Gasteiger partial charge in [0, 0.05) is 30.0 Å². The van der Waals surface area contributed by atoms with Crippen molar-refractivity contribution in [1.29, 1.82) is 0 Å². The molecule has 2 fully saturated rings. The Labute approximate surface area is 181 Å². The van der Waals surface area contributed by atoms with Crippen molar-refractivity contribution in [2.45, 2.75) is 55.2 Å². The Kier molecular flexibility index (Phi) is 5.09. The molecule has 0 aromatic heterocycles. The van der Waals surface area contributed by atoms with Gasteiger partial charge in [0.2, 0.25) is 11.8 Å². The summed E-state index contributed by atoms with van der Waals surface area (Å²) in [4.78, 5) is 44.0. The predicted octanol–water partition coefficient (Wildman–Crippen LogP) is 1.37. The highest BCUT2D eigenvalue weighted by molar-refractivity contribution is 8.02. The number of aliphatic hydroxyl groups excluding tert-OH is 1. The fourth-order valence-corrected chi connectivity index (χ4v) is 7.59. The maximum Gasteiger partial charge on any atom is 0.311 e. The van der Waals surface area contributed by atoms with Gasteiger partial charge in [0.25, 0.3) is 0 Å². The largest absolute Gasteiger partial charge is 0.461 e. The van der Waals surface area contributed by atoms with Crippen molar-refractivity contribution in [2.75, 3.05) is 26.3 Å². The molecule has 4 heterocycles. The molecule has 0 aromatic carbocycles. The fraction of sp³-hybridized carbons (Fsp3) is 0.682. The minimum absolute atomic E-state index is 0.0692. The Morgan fingerprint density at radius 3 is 2.57 bits per heavy atom. The van der Waals surface area contributed by atoms with E-state index in [0.29, 0.717) is 13.0 Å². The lowest BCUT2D eigenvalue weighted by molar-refractivity contribution is -0.152. The van der Waals surface area contributed by atoms with Gasteiger partial charge in [-0.05, 0) is 40.2 Å². The van der Waals surface area contributed by atoms with E-state index in [1.807, 2.05) is 52.0 Å². The topological polar surface area (TPSA) is 87.2 Å². The first-order chi connectivity index (χ1) is 14.1. The van der Waals surface area contributed by atoms with Crippen LogP contribution in [0.25, 0.3) is 0 Å². The standard InChI is InChI=1S/C22H30N2O5S/c1-20(2,3)24-11-5-9-22-14(15-19(28)29-13-6-8-21(15,4)30-22)17(26)23(10-7-12-25)16(22)18(24)27/h5-6,8-9,14-16,25H,7,10-13H2,1-4H3/t14-,15+,16?,21-,22-/m0/s1. The number of amides is 2. The molecule has 1 N–H and O–H groups in total. The number of carbonyl (C=O) groups excluding carboxylic acids is 3. The second-order valence-corrected chi connectivity index (χ2v) is 11.5. The van der Waals surface area contributed by atoms with E-state index in [2.05, 4.69) is 0 Å². The second kappa shape index (κ2) is 7.12. The van der Waals surface area contributed by atoms with Crippen molar-refractivity contribution in [3.05, 3.63) is 24.3 Å². The molecule has 30 heavy (non-hydrogen) atoms. The van der Waals surface area contributed by atoms with Gasteiger partial charge >= 0.3 is 5.97 Å². The molecule has 2 saturated heterocycles. The number of carbonyl (C=O) groups is 3. The Hall–Kier alpha value is -1.80. The summed E-state index contributed by atoms with van der Waals surface area (Å²) in [5.74, 6) is -2.02. The molecule has 0 aliphatic carbocycles. The number of nitrogens with zero attached hydrogens (tertiary/aromatic N) is 2. The molecule has 0 saturated carbocycles. The first kappa shape index (κ1) is 21.4. The van der Waals surface area contributed by atoms with Gasteiger partial charge in [-0.15, -0.1) is 11.8 Å². The molecule has 0 aromatic rings. The van der Waals surface area contributed by atoms with E-state index in [1.54, 1.807) is 9.80 Å². The number of hydrogen-bond donors (Lipinski definition) is 1. The van der Waals surface area contributed by atoms with Gasteiger partial charge in [0.05, 0.1) is 16.6 Å². The number of cyclic esters (lactones) is 1. The van der Waals surface area contributed by atoms with Crippen LogP contribution in [0, 0.1) is 11.8 Å². The summed E-state index contributed by atoms with van der Waals surface area (Å²) in [6.07, 6.45) is 8.14. The molecule has 1 spiro atoms. The lowest BCUT2D eigenvalue weighted by Gasteiger charge is -2.41. The van der Waals surface area contributed by atoms with Crippen molar-refractivity contribution in [2.24, 2.45) is 11.8 Å².